The summed E-state index contributed by atoms with van der Waals surface area (Å²) < 4.78 is 32.5. The molecule has 0 saturated heterocycles. The summed E-state index contributed by atoms with van der Waals surface area (Å²) in [4.78, 5) is 3.89. The summed E-state index contributed by atoms with van der Waals surface area (Å²) in [6, 6.07) is 14.3. The number of hydrogen-bond acceptors (Lipinski definition) is 3. The lowest BCUT2D eigenvalue weighted by Crippen LogP contribution is -2.00. The number of benzene rings is 2. The van der Waals surface area contributed by atoms with E-state index < -0.39 is 10.1 Å². The monoisotopic (exact) mass is 285 g/mol. The quantitative estimate of drug-likeness (QED) is 0.734. The van der Waals surface area contributed by atoms with Crippen LogP contribution < -0.4 is 0 Å². The first-order valence-electron chi connectivity index (χ1n) is 5.96. The van der Waals surface area contributed by atoms with Crippen LogP contribution in [-0.4, -0.2) is 18.0 Å². The van der Waals surface area contributed by atoms with Gasteiger partial charge in [-0.15, -0.1) is 0 Å². The molecular formula is C15H11NO3S. The minimum atomic E-state index is -4.29. The van der Waals surface area contributed by atoms with E-state index in [4.69, 9.17) is 0 Å². The molecule has 3 rings (SSSR count). The summed E-state index contributed by atoms with van der Waals surface area (Å²) in [5.41, 5.74) is 1.60. The lowest BCUT2D eigenvalue weighted by molar-refractivity contribution is 0.484. The smallest absolute Gasteiger partial charge is 0.282 e. The highest BCUT2D eigenvalue weighted by Crippen LogP contribution is 2.29. The van der Waals surface area contributed by atoms with E-state index >= 15 is 0 Å². The molecule has 0 atom stereocenters. The van der Waals surface area contributed by atoms with Crippen LogP contribution in [-0.2, 0) is 10.1 Å². The number of pyridine rings is 1. The van der Waals surface area contributed by atoms with Crippen LogP contribution in [0.25, 0.3) is 21.9 Å². The maximum absolute atomic E-state index is 11.6. The van der Waals surface area contributed by atoms with Gasteiger partial charge in [-0.2, -0.15) is 8.42 Å². The Morgan fingerprint density at radius 2 is 1.70 bits per heavy atom. The van der Waals surface area contributed by atoms with Crippen molar-refractivity contribution >= 4 is 20.9 Å². The van der Waals surface area contributed by atoms with Gasteiger partial charge in [0.25, 0.3) is 10.1 Å². The van der Waals surface area contributed by atoms with Crippen LogP contribution in [0.1, 0.15) is 0 Å². The Balaban J connectivity index is 2.37. The van der Waals surface area contributed by atoms with Crippen LogP contribution in [0.2, 0.25) is 0 Å². The Kier molecular flexibility index (Phi) is 3.00. The van der Waals surface area contributed by atoms with Crippen molar-refractivity contribution in [3.8, 4) is 11.1 Å². The van der Waals surface area contributed by atoms with Gasteiger partial charge in [-0.05, 0) is 29.3 Å². The first kappa shape index (κ1) is 12.8. The van der Waals surface area contributed by atoms with E-state index in [-0.39, 0.29) is 4.90 Å². The predicted molar refractivity (Wildman–Crippen MR) is 77.0 cm³/mol. The molecule has 0 aliphatic carbocycles. The molecular weight excluding hydrogens is 274 g/mol. The molecule has 1 N–H and O–H groups in total. The summed E-state index contributed by atoms with van der Waals surface area (Å²) in [6.45, 7) is 0. The topological polar surface area (TPSA) is 67.3 Å². The molecule has 0 amide bonds. The third kappa shape index (κ3) is 2.29. The van der Waals surface area contributed by atoms with E-state index in [9.17, 15) is 13.0 Å². The van der Waals surface area contributed by atoms with Gasteiger partial charge >= 0.3 is 0 Å². The molecule has 1 heterocycles. The minimum Gasteiger partial charge on any atom is -0.282 e. The van der Waals surface area contributed by atoms with Crippen molar-refractivity contribution in [1.82, 2.24) is 4.98 Å². The second kappa shape index (κ2) is 4.70. The molecule has 0 aliphatic heterocycles. The first-order valence-corrected chi connectivity index (χ1v) is 7.40. The zero-order valence-electron chi connectivity index (χ0n) is 10.4. The standard InChI is InChI=1S/C15H11NO3S/c17-20(18,19)15-9-12(11-4-2-1-3-5-11)8-13-10-16-7-6-14(13)15/h1-10H,(H,17,18,19). The van der Waals surface area contributed by atoms with Gasteiger partial charge in [0.15, 0.2) is 0 Å². The number of rotatable bonds is 2. The van der Waals surface area contributed by atoms with Crippen molar-refractivity contribution in [2.75, 3.05) is 0 Å². The first-order chi connectivity index (χ1) is 9.55. The van der Waals surface area contributed by atoms with Crippen LogP contribution in [0.5, 0.6) is 0 Å². The zero-order valence-corrected chi connectivity index (χ0v) is 11.2. The lowest BCUT2D eigenvalue weighted by atomic mass is 10.0. The van der Waals surface area contributed by atoms with E-state index in [1.54, 1.807) is 12.3 Å². The molecule has 0 unspecified atom stereocenters. The largest absolute Gasteiger partial charge is 0.295 e. The number of fused-ring (bicyclic) bond motifs is 1. The van der Waals surface area contributed by atoms with Crippen LogP contribution in [0, 0.1) is 0 Å². The van der Waals surface area contributed by atoms with E-state index in [2.05, 4.69) is 4.98 Å². The number of hydrogen-bond donors (Lipinski definition) is 1. The maximum Gasteiger partial charge on any atom is 0.295 e. The van der Waals surface area contributed by atoms with E-state index in [0.717, 1.165) is 11.1 Å². The zero-order chi connectivity index (χ0) is 14.2. The highest BCUT2D eigenvalue weighted by molar-refractivity contribution is 7.86. The molecule has 0 saturated carbocycles. The molecule has 0 aliphatic rings. The van der Waals surface area contributed by atoms with Gasteiger partial charge in [-0.1, -0.05) is 30.3 Å². The second-order valence-corrected chi connectivity index (χ2v) is 5.80. The van der Waals surface area contributed by atoms with Gasteiger partial charge in [-0.3, -0.25) is 9.54 Å². The summed E-state index contributed by atoms with van der Waals surface area (Å²) in [5.74, 6) is 0. The van der Waals surface area contributed by atoms with Crippen molar-refractivity contribution in [1.29, 1.82) is 0 Å². The van der Waals surface area contributed by atoms with Crippen LogP contribution in [0.3, 0.4) is 0 Å². The van der Waals surface area contributed by atoms with Crippen LogP contribution >= 0.6 is 0 Å². The summed E-state index contributed by atoms with van der Waals surface area (Å²) in [6.07, 6.45) is 3.08. The number of nitrogens with zero attached hydrogens (tertiary/aromatic N) is 1. The molecule has 1 aromatic heterocycles. The van der Waals surface area contributed by atoms with Crippen LogP contribution in [0.15, 0.2) is 65.8 Å². The maximum atomic E-state index is 11.6. The molecule has 3 aromatic rings. The molecule has 20 heavy (non-hydrogen) atoms. The molecule has 2 aromatic carbocycles. The third-order valence-corrected chi connectivity index (χ3v) is 3.99. The van der Waals surface area contributed by atoms with Crippen molar-refractivity contribution in [3.63, 3.8) is 0 Å². The van der Waals surface area contributed by atoms with Gasteiger partial charge in [0, 0.05) is 23.2 Å². The predicted octanol–water partition coefficient (Wildman–Crippen LogP) is 3.15. The van der Waals surface area contributed by atoms with Crippen molar-refractivity contribution in [2.24, 2.45) is 0 Å². The summed E-state index contributed by atoms with van der Waals surface area (Å²) in [7, 11) is -4.29. The Labute approximate surface area is 116 Å². The molecule has 0 spiro atoms. The Morgan fingerprint density at radius 1 is 0.950 bits per heavy atom. The van der Waals surface area contributed by atoms with Crippen molar-refractivity contribution in [3.05, 3.63) is 60.9 Å². The van der Waals surface area contributed by atoms with Crippen molar-refractivity contribution < 1.29 is 13.0 Å². The Hall–Kier alpha value is -2.24. The summed E-state index contributed by atoms with van der Waals surface area (Å²) >= 11 is 0. The second-order valence-electron chi connectivity index (χ2n) is 4.41. The van der Waals surface area contributed by atoms with Gasteiger partial charge in [0.05, 0.1) is 0 Å². The fraction of sp³-hybridized carbons (Fsp3) is 0. The average Bonchev–Trinajstić information content (AvgIpc) is 2.46. The highest BCUT2D eigenvalue weighted by Gasteiger charge is 2.16. The van der Waals surface area contributed by atoms with E-state index in [1.165, 1.54) is 12.3 Å². The van der Waals surface area contributed by atoms with Crippen molar-refractivity contribution in [2.45, 2.75) is 4.90 Å². The lowest BCUT2D eigenvalue weighted by Gasteiger charge is -2.08. The SMILES string of the molecule is O=S(=O)(O)c1cc(-c2ccccc2)cc2cnccc12. The molecule has 0 radical (unpaired) electrons. The molecule has 4 nitrogen and oxygen atoms in total. The van der Waals surface area contributed by atoms with E-state index in [1.807, 2.05) is 36.4 Å². The van der Waals surface area contributed by atoms with Gasteiger partial charge in [-0.25, -0.2) is 0 Å². The van der Waals surface area contributed by atoms with E-state index in [0.29, 0.717) is 10.8 Å². The fourth-order valence-electron chi connectivity index (χ4n) is 2.18. The Bertz CT molecular complexity index is 874. The Morgan fingerprint density at radius 3 is 2.40 bits per heavy atom. The summed E-state index contributed by atoms with van der Waals surface area (Å²) in [5, 5.41) is 1.13. The molecule has 0 fully saturated rings. The van der Waals surface area contributed by atoms with Crippen LogP contribution in [0.4, 0.5) is 0 Å². The minimum absolute atomic E-state index is 0.101. The molecule has 100 valence electrons. The third-order valence-electron chi connectivity index (χ3n) is 3.10. The fourth-order valence-corrected chi connectivity index (χ4v) is 2.92. The molecule has 0 bridgehead atoms. The van der Waals surface area contributed by atoms with Gasteiger partial charge < -0.3 is 0 Å². The van der Waals surface area contributed by atoms with Gasteiger partial charge in [0.1, 0.15) is 4.90 Å². The highest BCUT2D eigenvalue weighted by atomic mass is 32.2. The number of aromatic nitrogens is 1. The molecule has 5 heteroatoms. The van der Waals surface area contributed by atoms with Gasteiger partial charge in [0.2, 0.25) is 0 Å². The normalized spacial score (nSPS) is 11.7. The average molecular weight is 285 g/mol.